The first-order chi connectivity index (χ1) is 22.0. The van der Waals surface area contributed by atoms with Gasteiger partial charge >= 0.3 is 6.03 Å². The molecule has 4 rings (SSSR count). The van der Waals surface area contributed by atoms with Crippen molar-refractivity contribution in [2.45, 2.75) is 138 Å². The van der Waals surface area contributed by atoms with Gasteiger partial charge in [0.2, 0.25) is 17.6 Å². The van der Waals surface area contributed by atoms with Crippen LogP contribution in [0.15, 0.2) is 0 Å². The Labute approximate surface area is 287 Å². The molecule has 1 heterocycles. The Kier molecular flexibility index (Phi) is 11.2. The number of likely N-dealkylation sites (tertiary alicyclic amines) is 1. The summed E-state index contributed by atoms with van der Waals surface area (Å²) in [4.78, 5) is 68.4. The van der Waals surface area contributed by atoms with Crippen molar-refractivity contribution >= 4 is 39.2 Å². The molecule has 11 nitrogen and oxygen atoms in total. The highest BCUT2D eigenvalue weighted by atomic mass is 32.2. The first-order valence-corrected chi connectivity index (χ1v) is 19.8. The zero-order chi connectivity index (χ0) is 36.0. The second-order valence-corrected chi connectivity index (χ2v) is 20.2. The summed E-state index contributed by atoms with van der Waals surface area (Å²) in [6.45, 7) is 16.9. The summed E-state index contributed by atoms with van der Waals surface area (Å²) in [5, 5.41) is 8.70. The van der Waals surface area contributed by atoms with Crippen LogP contribution in [0, 0.1) is 39.9 Å². The second kappa shape index (κ2) is 14.0. The summed E-state index contributed by atoms with van der Waals surface area (Å²) in [6, 6.07) is -3.96. The van der Waals surface area contributed by atoms with Crippen molar-refractivity contribution in [2.75, 3.05) is 18.1 Å². The molecule has 0 radical (unpaired) electrons. The number of ketones is 2. The standard InChI is InChI=1S/C36H60N4O7S/c1-21(41)29(42)25(17-22-15-16-22)37-31(43)28-27-24(36(27,8)9)18-40(28)32(44)30(35(5,6)7)39-33(45)38-26(23-13-11-10-12-14-23)19-48(46,47)20-34(2,3)4/h22-28,30H,10-20H2,1-9H3,(H,37,43)(H2,38,39,45)/t24?,25?,26-,27?,28+,30-/m1/s1. The van der Waals surface area contributed by atoms with E-state index in [1.165, 1.54) is 6.92 Å². The molecular weight excluding hydrogens is 632 g/mol. The Balaban J connectivity index is 1.53. The molecule has 4 aliphatic rings. The van der Waals surface area contributed by atoms with Gasteiger partial charge < -0.3 is 20.9 Å². The number of piperidine rings is 1. The summed E-state index contributed by atoms with van der Waals surface area (Å²) >= 11 is 0. The van der Waals surface area contributed by atoms with Crippen molar-refractivity contribution in [2.24, 2.45) is 39.9 Å². The highest BCUT2D eigenvalue weighted by Gasteiger charge is 2.70. The third kappa shape index (κ3) is 9.38. The van der Waals surface area contributed by atoms with Gasteiger partial charge in [-0.3, -0.25) is 19.2 Å². The monoisotopic (exact) mass is 692 g/mol. The third-order valence-electron chi connectivity index (χ3n) is 11.0. The lowest BCUT2D eigenvalue weighted by Crippen LogP contribution is -2.62. The first kappa shape index (κ1) is 38.3. The molecule has 12 heteroatoms. The molecule has 0 spiro atoms. The highest BCUT2D eigenvalue weighted by Crippen LogP contribution is 2.65. The number of Topliss-reactive ketones (excluding diaryl/α,β-unsaturated/α-hetero) is 2. The average Bonchev–Trinajstić information content (AvgIpc) is 3.80. The summed E-state index contributed by atoms with van der Waals surface area (Å²) in [6.07, 6.45) is 7.00. The molecule has 1 saturated heterocycles. The maximum Gasteiger partial charge on any atom is 0.315 e. The van der Waals surface area contributed by atoms with Gasteiger partial charge in [-0.15, -0.1) is 0 Å². The molecule has 0 aromatic carbocycles. The number of urea groups is 1. The van der Waals surface area contributed by atoms with Crippen molar-refractivity contribution in [1.29, 1.82) is 0 Å². The quantitative estimate of drug-likeness (QED) is 0.246. The van der Waals surface area contributed by atoms with Crippen molar-refractivity contribution in [1.82, 2.24) is 20.9 Å². The summed E-state index contributed by atoms with van der Waals surface area (Å²) < 4.78 is 26.5. The zero-order valence-electron chi connectivity index (χ0n) is 30.6. The number of nitrogens with one attached hydrogen (secondary N) is 3. The maximum atomic E-state index is 14.4. The van der Waals surface area contributed by atoms with Gasteiger partial charge in [-0.2, -0.15) is 0 Å². The number of nitrogens with zero attached hydrogens (tertiary/aromatic N) is 1. The van der Waals surface area contributed by atoms with Gasteiger partial charge in [-0.05, 0) is 59.2 Å². The lowest BCUT2D eigenvalue weighted by molar-refractivity contribution is -0.145. The Morgan fingerprint density at radius 1 is 0.875 bits per heavy atom. The van der Waals surface area contributed by atoms with Crippen LogP contribution < -0.4 is 16.0 Å². The van der Waals surface area contributed by atoms with Crippen LogP contribution in [0.2, 0.25) is 0 Å². The number of carbonyl (C=O) groups excluding carboxylic acids is 5. The lowest BCUT2D eigenvalue weighted by atomic mass is 9.84. The molecule has 6 atom stereocenters. The van der Waals surface area contributed by atoms with E-state index < -0.39 is 74.2 Å². The van der Waals surface area contributed by atoms with Gasteiger partial charge in [-0.1, -0.05) is 87.5 Å². The fourth-order valence-electron chi connectivity index (χ4n) is 8.21. The van der Waals surface area contributed by atoms with Crippen LogP contribution in [0.3, 0.4) is 0 Å². The number of amides is 4. The van der Waals surface area contributed by atoms with E-state index in [0.717, 1.165) is 44.9 Å². The summed E-state index contributed by atoms with van der Waals surface area (Å²) in [5.41, 5.74) is -1.34. The van der Waals surface area contributed by atoms with Crippen molar-refractivity contribution in [3.63, 3.8) is 0 Å². The summed E-state index contributed by atoms with van der Waals surface area (Å²) in [5.74, 6) is -1.95. The number of sulfone groups is 1. The largest absolute Gasteiger partial charge is 0.344 e. The molecule has 0 aromatic rings. The van der Waals surface area contributed by atoms with E-state index in [1.54, 1.807) is 4.90 Å². The van der Waals surface area contributed by atoms with E-state index in [2.05, 4.69) is 29.8 Å². The van der Waals surface area contributed by atoms with Gasteiger partial charge in [0.15, 0.2) is 15.6 Å². The predicted molar refractivity (Wildman–Crippen MR) is 185 cm³/mol. The minimum atomic E-state index is -3.48. The normalized spacial score (nSPS) is 26.1. The van der Waals surface area contributed by atoms with E-state index in [1.807, 2.05) is 41.5 Å². The van der Waals surface area contributed by atoms with Crippen LogP contribution in [0.4, 0.5) is 4.79 Å². The number of hydrogen-bond acceptors (Lipinski definition) is 7. The molecule has 3 unspecified atom stereocenters. The van der Waals surface area contributed by atoms with E-state index in [0.29, 0.717) is 18.9 Å². The van der Waals surface area contributed by atoms with Gasteiger partial charge in [0.1, 0.15) is 12.1 Å². The van der Waals surface area contributed by atoms with Gasteiger partial charge in [0, 0.05) is 19.5 Å². The van der Waals surface area contributed by atoms with E-state index in [9.17, 15) is 32.4 Å². The molecule has 3 aliphatic carbocycles. The minimum absolute atomic E-state index is 0.00619. The fourth-order valence-corrected chi connectivity index (χ4v) is 10.6. The van der Waals surface area contributed by atoms with Gasteiger partial charge in [-0.25, -0.2) is 13.2 Å². The van der Waals surface area contributed by atoms with Crippen molar-refractivity contribution < 1.29 is 32.4 Å². The molecule has 1 aliphatic heterocycles. The van der Waals surface area contributed by atoms with Crippen LogP contribution >= 0.6 is 0 Å². The minimum Gasteiger partial charge on any atom is -0.344 e. The highest BCUT2D eigenvalue weighted by molar-refractivity contribution is 7.91. The topological polar surface area (TPSA) is 159 Å². The molecule has 48 heavy (non-hydrogen) atoms. The van der Waals surface area contributed by atoms with E-state index in [4.69, 9.17) is 0 Å². The molecule has 0 bridgehead atoms. The molecule has 3 N–H and O–H groups in total. The first-order valence-electron chi connectivity index (χ1n) is 17.9. The molecule has 3 saturated carbocycles. The molecule has 4 fully saturated rings. The Hall–Kier alpha value is -2.50. The van der Waals surface area contributed by atoms with Crippen LogP contribution in [0.1, 0.15) is 114 Å². The van der Waals surface area contributed by atoms with E-state index >= 15 is 0 Å². The number of carbonyl (C=O) groups is 5. The lowest BCUT2D eigenvalue weighted by Gasteiger charge is -2.38. The number of rotatable bonds is 13. The van der Waals surface area contributed by atoms with Crippen LogP contribution in [-0.4, -0.2) is 84.9 Å². The Bertz CT molecular complexity index is 1370. The predicted octanol–water partition coefficient (Wildman–Crippen LogP) is 4.04. The fraction of sp³-hybridized carbons (Fsp3) is 0.861. The van der Waals surface area contributed by atoms with Gasteiger partial charge in [0.05, 0.1) is 17.5 Å². The van der Waals surface area contributed by atoms with Gasteiger partial charge in [0.25, 0.3) is 0 Å². The molecule has 0 aromatic heterocycles. The average molecular weight is 693 g/mol. The van der Waals surface area contributed by atoms with Crippen LogP contribution in [0.5, 0.6) is 0 Å². The zero-order valence-corrected chi connectivity index (χ0v) is 31.4. The SMILES string of the molecule is CC(=O)C(=O)C(CC1CC1)NC(=O)[C@@H]1C2C(CN1C(=O)[C@@H](NC(=O)N[C@H](CS(=O)(=O)CC(C)(C)C)C1CCCCC1)C(C)(C)C)C2(C)C. The molecule has 4 amide bonds. The Morgan fingerprint density at radius 3 is 2.00 bits per heavy atom. The molecular formula is C36H60N4O7S. The smallest absolute Gasteiger partial charge is 0.315 e. The molecule has 272 valence electrons. The van der Waals surface area contributed by atoms with Crippen molar-refractivity contribution in [3.8, 4) is 0 Å². The second-order valence-electron chi connectivity index (χ2n) is 18.1. The van der Waals surface area contributed by atoms with Crippen LogP contribution in [-0.2, 0) is 29.0 Å². The number of hydrogen-bond donors (Lipinski definition) is 3. The van der Waals surface area contributed by atoms with Crippen LogP contribution in [0.25, 0.3) is 0 Å². The van der Waals surface area contributed by atoms with E-state index in [-0.39, 0.29) is 34.7 Å². The number of fused-ring (bicyclic) bond motifs is 1. The maximum absolute atomic E-state index is 14.4. The van der Waals surface area contributed by atoms with Crippen molar-refractivity contribution in [3.05, 3.63) is 0 Å². The third-order valence-corrected chi connectivity index (χ3v) is 13.2. The summed E-state index contributed by atoms with van der Waals surface area (Å²) in [7, 11) is -3.48. The Morgan fingerprint density at radius 2 is 1.48 bits per heavy atom.